The van der Waals surface area contributed by atoms with E-state index in [-0.39, 0.29) is 28.7 Å². The van der Waals surface area contributed by atoms with Gasteiger partial charge < -0.3 is 9.64 Å². The number of aliphatic imine (C=N–C) groups is 1. The summed E-state index contributed by atoms with van der Waals surface area (Å²) in [5.74, 6) is 0.834. The largest absolute Gasteiger partial charge is 0.497 e. The summed E-state index contributed by atoms with van der Waals surface area (Å²) in [7, 11) is -1.44. The minimum atomic E-state index is -3.06. The van der Waals surface area contributed by atoms with Gasteiger partial charge in [0, 0.05) is 18.2 Å². The van der Waals surface area contributed by atoms with Crippen LogP contribution in [0.2, 0.25) is 0 Å². The molecule has 0 saturated carbocycles. The molecule has 0 bridgehead atoms. The fraction of sp³-hybridized carbons (Fsp3) is 0.364. The van der Waals surface area contributed by atoms with E-state index in [0.717, 1.165) is 16.9 Å². The fourth-order valence-electron chi connectivity index (χ4n) is 3.81. The molecule has 0 N–H and O–H groups in total. The van der Waals surface area contributed by atoms with Crippen LogP contribution in [0.4, 0.5) is 0 Å². The van der Waals surface area contributed by atoms with Crippen LogP contribution in [0.15, 0.2) is 59.6 Å². The number of sulfone groups is 1. The van der Waals surface area contributed by atoms with Gasteiger partial charge in [0.05, 0.1) is 24.7 Å². The van der Waals surface area contributed by atoms with Crippen molar-refractivity contribution in [1.29, 1.82) is 0 Å². The molecule has 2 saturated heterocycles. The number of amides is 1. The van der Waals surface area contributed by atoms with Crippen molar-refractivity contribution >= 4 is 32.7 Å². The average molecular weight is 445 g/mol. The molecule has 4 rings (SSSR count). The maximum Gasteiger partial charge on any atom is 0.248 e. The molecule has 2 heterocycles. The van der Waals surface area contributed by atoms with Crippen molar-refractivity contribution in [3.63, 3.8) is 0 Å². The van der Waals surface area contributed by atoms with Crippen LogP contribution in [0.5, 0.6) is 5.75 Å². The Morgan fingerprint density at radius 2 is 1.83 bits per heavy atom. The first-order valence-corrected chi connectivity index (χ1v) is 12.6. The molecule has 2 fully saturated rings. The molecule has 2 aliphatic rings. The number of thioether (sulfide) groups is 1. The van der Waals surface area contributed by atoms with Gasteiger partial charge in [-0.15, -0.1) is 0 Å². The van der Waals surface area contributed by atoms with Crippen molar-refractivity contribution in [2.45, 2.75) is 30.7 Å². The van der Waals surface area contributed by atoms with Crippen molar-refractivity contribution in [2.75, 3.05) is 18.6 Å². The fourth-order valence-corrected chi connectivity index (χ4v) is 7.77. The minimum Gasteiger partial charge on any atom is -0.497 e. The first-order valence-electron chi connectivity index (χ1n) is 9.85. The highest BCUT2D eigenvalue weighted by molar-refractivity contribution is 8.15. The summed E-state index contributed by atoms with van der Waals surface area (Å²) in [6.45, 7) is 0.512. The van der Waals surface area contributed by atoms with Gasteiger partial charge in [0.25, 0.3) is 0 Å². The monoisotopic (exact) mass is 444 g/mol. The topological polar surface area (TPSA) is 76.0 Å². The van der Waals surface area contributed by atoms with Gasteiger partial charge in [0.15, 0.2) is 15.0 Å². The number of ether oxygens (including phenoxy) is 1. The Morgan fingerprint density at radius 1 is 1.10 bits per heavy atom. The number of benzene rings is 2. The molecule has 30 heavy (non-hydrogen) atoms. The highest BCUT2D eigenvalue weighted by Crippen LogP contribution is 2.39. The number of carbonyl (C=O) groups excluding carboxylic acids is 1. The van der Waals surface area contributed by atoms with E-state index in [0.29, 0.717) is 24.6 Å². The van der Waals surface area contributed by atoms with E-state index in [2.05, 4.69) is 4.99 Å². The van der Waals surface area contributed by atoms with Crippen LogP contribution in [0, 0.1) is 0 Å². The number of aryl methyl sites for hydroxylation is 1. The van der Waals surface area contributed by atoms with Gasteiger partial charge in [-0.25, -0.2) is 8.42 Å². The zero-order chi connectivity index (χ0) is 21.1. The predicted octanol–water partition coefficient (Wildman–Crippen LogP) is 2.93. The molecular formula is C22H24N2O4S2. The molecule has 6 nitrogen and oxygen atoms in total. The Bertz CT molecular complexity index is 1040. The van der Waals surface area contributed by atoms with Gasteiger partial charge in [0.1, 0.15) is 5.75 Å². The van der Waals surface area contributed by atoms with Crippen LogP contribution in [0.1, 0.15) is 17.5 Å². The van der Waals surface area contributed by atoms with E-state index in [1.54, 1.807) is 7.11 Å². The maximum atomic E-state index is 12.5. The Hall–Kier alpha value is -2.32. The normalized spacial score (nSPS) is 23.5. The first-order chi connectivity index (χ1) is 14.4. The zero-order valence-corrected chi connectivity index (χ0v) is 18.4. The highest BCUT2D eigenvalue weighted by atomic mass is 32.2. The van der Waals surface area contributed by atoms with E-state index in [1.807, 2.05) is 59.5 Å². The standard InChI is InChI=1S/C22H24N2O4S2/c1-28-18-10-7-17(8-11-18)13-24-19-14-30(26,27)15-20(19)29-22(24)23-21(25)12-9-16-5-3-2-4-6-16/h2-8,10-11,19-20H,9,12-15H2,1H3/t19-,20-/m0/s1. The lowest BCUT2D eigenvalue weighted by Crippen LogP contribution is -2.37. The summed E-state index contributed by atoms with van der Waals surface area (Å²) in [6.07, 6.45) is 0.971. The van der Waals surface area contributed by atoms with Crippen LogP contribution in [0.3, 0.4) is 0 Å². The van der Waals surface area contributed by atoms with Gasteiger partial charge in [-0.3, -0.25) is 4.79 Å². The molecular weight excluding hydrogens is 420 g/mol. The second-order valence-electron chi connectivity index (χ2n) is 7.55. The average Bonchev–Trinajstić information content (AvgIpc) is 3.19. The molecule has 2 atom stereocenters. The molecule has 8 heteroatoms. The molecule has 0 unspecified atom stereocenters. The lowest BCUT2D eigenvalue weighted by molar-refractivity contribution is -0.117. The zero-order valence-electron chi connectivity index (χ0n) is 16.7. The smallest absolute Gasteiger partial charge is 0.248 e. The third-order valence-electron chi connectivity index (χ3n) is 5.38. The lowest BCUT2D eigenvalue weighted by Gasteiger charge is -2.24. The molecule has 2 aliphatic heterocycles. The molecule has 2 aromatic carbocycles. The van der Waals surface area contributed by atoms with Crippen LogP contribution in [-0.4, -0.2) is 54.3 Å². The number of hydrogen-bond donors (Lipinski definition) is 0. The van der Waals surface area contributed by atoms with Gasteiger partial charge >= 0.3 is 0 Å². The minimum absolute atomic E-state index is 0.0751. The van der Waals surface area contributed by atoms with Gasteiger partial charge in [0.2, 0.25) is 5.91 Å². The molecule has 0 aliphatic carbocycles. The predicted molar refractivity (Wildman–Crippen MR) is 120 cm³/mol. The number of hydrogen-bond acceptors (Lipinski definition) is 5. The van der Waals surface area contributed by atoms with E-state index in [4.69, 9.17) is 4.74 Å². The maximum absolute atomic E-state index is 12.5. The Labute approximate surface area is 181 Å². The van der Waals surface area contributed by atoms with Crippen molar-refractivity contribution in [3.05, 3.63) is 65.7 Å². The number of methoxy groups -OCH3 is 1. The van der Waals surface area contributed by atoms with Crippen LogP contribution >= 0.6 is 11.8 Å². The van der Waals surface area contributed by atoms with Crippen LogP contribution in [0.25, 0.3) is 0 Å². The molecule has 1 amide bonds. The number of nitrogens with zero attached hydrogens (tertiary/aromatic N) is 2. The van der Waals surface area contributed by atoms with Crippen molar-refractivity contribution < 1.29 is 17.9 Å². The summed E-state index contributed by atoms with van der Waals surface area (Å²) in [5, 5.41) is 0.558. The molecule has 0 radical (unpaired) electrons. The van der Waals surface area contributed by atoms with Gasteiger partial charge in [-0.1, -0.05) is 54.2 Å². The summed E-state index contributed by atoms with van der Waals surface area (Å²) >= 11 is 1.42. The Kier molecular flexibility index (Phi) is 6.15. The Balaban J connectivity index is 1.51. The van der Waals surface area contributed by atoms with Crippen LogP contribution < -0.4 is 4.74 Å². The second-order valence-corrected chi connectivity index (χ2v) is 10.9. The quantitative estimate of drug-likeness (QED) is 0.682. The number of carbonyl (C=O) groups is 1. The molecule has 158 valence electrons. The molecule has 0 spiro atoms. The SMILES string of the molecule is COc1ccc(CN2C(=NC(=O)CCc3ccccc3)S[C@H]3CS(=O)(=O)C[C@@H]32)cc1. The number of fused-ring (bicyclic) bond motifs is 1. The Morgan fingerprint density at radius 3 is 2.53 bits per heavy atom. The molecule has 0 aromatic heterocycles. The summed E-state index contributed by atoms with van der Waals surface area (Å²) in [5.41, 5.74) is 2.12. The van der Waals surface area contributed by atoms with E-state index >= 15 is 0 Å². The lowest BCUT2D eigenvalue weighted by atomic mass is 10.1. The van der Waals surface area contributed by atoms with Crippen molar-refractivity contribution in [1.82, 2.24) is 4.90 Å². The summed E-state index contributed by atoms with van der Waals surface area (Å²) in [6, 6.07) is 17.4. The van der Waals surface area contributed by atoms with E-state index in [9.17, 15) is 13.2 Å². The van der Waals surface area contributed by atoms with Gasteiger partial charge in [-0.05, 0) is 29.7 Å². The van der Waals surface area contributed by atoms with Crippen molar-refractivity contribution in [2.24, 2.45) is 4.99 Å². The number of rotatable bonds is 6. The highest BCUT2D eigenvalue weighted by Gasteiger charge is 2.48. The van der Waals surface area contributed by atoms with E-state index in [1.165, 1.54) is 11.8 Å². The second kappa shape index (κ2) is 8.81. The third-order valence-corrected chi connectivity index (χ3v) is 8.63. The van der Waals surface area contributed by atoms with Crippen LogP contribution in [-0.2, 0) is 27.6 Å². The first kappa shape index (κ1) is 20.9. The van der Waals surface area contributed by atoms with E-state index < -0.39 is 9.84 Å². The summed E-state index contributed by atoms with van der Waals surface area (Å²) < 4.78 is 29.5. The molecule has 2 aromatic rings. The number of amidine groups is 1. The van der Waals surface area contributed by atoms with Crippen molar-refractivity contribution in [3.8, 4) is 5.75 Å². The third kappa shape index (κ3) is 4.87. The van der Waals surface area contributed by atoms with Gasteiger partial charge in [-0.2, -0.15) is 4.99 Å². The summed E-state index contributed by atoms with van der Waals surface area (Å²) in [4.78, 5) is 18.9.